The van der Waals surface area contributed by atoms with E-state index in [1.165, 1.54) is 0 Å². The number of rotatable bonds is 6. The Morgan fingerprint density at radius 2 is 2.33 bits per heavy atom. The smallest absolute Gasteiger partial charge is 0.0834 e. The van der Waals surface area contributed by atoms with Gasteiger partial charge in [0.2, 0.25) is 0 Å². The molecule has 0 saturated heterocycles. The number of ether oxygens (including phenoxy) is 2. The Kier molecular flexibility index (Phi) is 5.04. The summed E-state index contributed by atoms with van der Waals surface area (Å²) in [4.78, 5) is 0. The number of hydrogen-bond acceptors (Lipinski definition) is 4. The van der Waals surface area contributed by atoms with Crippen molar-refractivity contribution in [3.8, 4) is 0 Å². The molecule has 0 saturated carbocycles. The minimum Gasteiger partial charge on any atom is -0.382 e. The van der Waals surface area contributed by atoms with Crippen molar-refractivity contribution in [1.29, 1.82) is 0 Å². The van der Waals surface area contributed by atoms with Gasteiger partial charge in [-0.15, -0.1) is 0 Å². The molecule has 6 heteroatoms. The number of nitrogens with zero attached hydrogens (tertiary/aromatic N) is 2. The van der Waals surface area contributed by atoms with Crippen LogP contribution in [0.3, 0.4) is 0 Å². The van der Waals surface area contributed by atoms with Crippen molar-refractivity contribution in [2.45, 2.75) is 6.04 Å². The number of aromatic nitrogens is 2. The van der Waals surface area contributed by atoms with Gasteiger partial charge in [-0.05, 0) is 0 Å². The average Bonchev–Trinajstić information content (AvgIpc) is 2.53. The second kappa shape index (κ2) is 6.07. The highest BCUT2D eigenvalue weighted by molar-refractivity contribution is 6.31. The van der Waals surface area contributed by atoms with Crippen LogP contribution in [0.2, 0.25) is 5.02 Å². The van der Waals surface area contributed by atoms with E-state index in [0.717, 1.165) is 5.69 Å². The zero-order valence-corrected chi connectivity index (χ0v) is 9.70. The molecule has 0 fully saturated rings. The molecular formula is C9H16ClN3O2. The lowest BCUT2D eigenvalue weighted by molar-refractivity contribution is 0.0627. The van der Waals surface area contributed by atoms with Crippen LogP contribution in [0.4, 0.5) is 0 Å². The van der Waals surface area contributed by atoms with E-state index in [1.54, 1.807) is 25.0 Å². The van der Waals surface area contributed by atoms with Gasteiger partial charge >= 0.3 is 0 Å². The van der Waals surface area contributed by atoms with E-state index in [2.05, 4.69) is 5.10 Å². The van der Waals surface area contributed by atoms with Gasteiger partial charge in [-0.25, -0.2) is 0 Å². The molecule has 0 aliphatic heterocycles. The summed E-state index contributed by atoms with van der Waals surface area (Å²) in [5, 5.41) is 4.58. The van der Waals surface area contributed by atoms with E-state index in [1.807, 2.05) is 0 Å². The zero-order valence-electron chi connectivity index (χ0n) is 8.94. The van der Waals surface area contributed by atoms with Crippen molar-refractivity contribution in [2.75, 3.05) is 26.9 Å². The molecule has 1 aromatic rings. The molecular weight excluding hydrogens is 218 g/mol. The maximum Gasteiger partial charge on any atom is 0.0834 e. The molecule has 1 unspecified atom stereocenters. The van der Waals surface area contributed by atoms with Crippen LogP contribution in [-0.2, 0) is 16.5 Å². The highest BCUT2D eigenvalue weighted by atomic mass is 35.5. The first-order valence-corrected chi connectivity index (χ1v) is 5.04. The Balaban J connectivity index is 2.43. The first-order chi connectivity index (χ1) is 7.16. The molecule has 15 heavy (non-hydrogen) atoms. The number of methoxy groups -OCH3 is 1. The van der Waals surface area contributed by atoms with E-state index < -0.39 is 0 Å². The van der Waals surface area contributed by atoms with Crippen molar-refractivity contribution >= 4 is 11.6 Å². The largest absolute Gasteiger partial charge is 0.382 e. The van der Waals surface area contributed by atoms with Crippen molar-refractivity contribution in [3.05, 3.63) is 16.9 Å². The molecule has 1 atom stereocenters. The molecule has 0 aliphatic rings. The summed E-state index contributed by atoms with van der Waals surface area (Å²) in [6, 6.07) is -0.262. The standard InChI is InChI=1S/C9H16ClN3O2/c1-13-9(7(10)5-12-13)8(11)6-15-4-3-14-2/h5,8H,3-4,6,11H2,1-2H3. The van der Waals surface area contributed by atoms with Crippen LogP contribution in [0, 0.1) is 0 Å². The summed E-state index contributed by atoms with van der Waals surface area (Å²) >= 11 is 5.94. The lowest BCUT2D eigenvalue weighted by Crippen LogP contribution is -2.21. The summed E-state index contributed by atoms with van der Waals surface area (Å²) in [6.07, 6.45) is 1.58. The predicted molar refractivity (Wildman–Crippen MR) is 57.8 cm³/mol. The summed E-state index contributed by atoms with van der Waals surface area (Å²) in [5.41, 5.74) is 6.70. The Bertz CT molecular complexity index is 284. The number of halogens is 1. The van der Waals surface area contributed by atoms with E-state index in [9.17, 15) is 0 Å². The fourth-order valence-corrected chi connectivity index (χ4v) is 1.57. The highest BCUT2D eigenvalue weighted by Crippen LogP contribution is 2.20. The van der Waals surface area contributed by atoms with Crippen LogP contribution in [0.5, 0.6) is 0 Å². The first-order valence-electron chi connectivity index (χ1n) is 4.66. The van der Waals surface area contributed by atoms with Crippen LogP contribution in [-0.4, -0.2) is 36.7 Å². The third-order valence-electron chi connectivity index (χ3n) is 2.02. The average molecular weight is 234 g/mol. The van der Waals surface area contributed by atoms with Gasteiger partial charge in [0.25, 0.3) is 0 Å². The fourth-order valence-electron chi connectivity index (χ4n) is 1.27. The summed E-state index contributed by atoms with van der Waals surface area (Å²) in [5.74, 6) is 0. The molecule has 2 N–H and O–H groups in total. The van der Waals surface area contributed by atoms with Gasteiger partial charge in [0.1, 0.15) is 0 Å². The normalized spacial score (nSPS) is 13.1. The lowest BCUT2D eigenvalue weighted by atomic mass is 10.2. The van der Waals surface area contributed by atoms with Gasteiger partial charge in [0.15, 0.2) is 0 Å². The third kappa shape index (κ3) is 3.46. The van der Waals surface area contributed by atoms with Crippen LogP contribution in [0.15, 0.2) is 6.20 Å². The van der Waals surface area contributed by atoms with Crippen molar-refractivity contribution in [2.24, 2.45) is 12.8 Å². The van der Waals surface area contributed by atoms with Crippen LogP contribution in [0.25, 0.3) is 0 Å². The SMILES string of the molecule is COCCOCC(N)c1c(Cl)cnn1C. The molecule has 86 valence electrons. The van der Waals surface area contributed by atoms with Gasteiger partial charge in [0, 0.05) is 14.2 Å². The lowest BCUT2D eigenvalue weighted by Gasteiger charge is -2.13. The molecule has 0 spiro atoms. The van der Waals surface area contributed by atoms with Crippen molar-refractivity contribution < 1.29 is 9.47 Å². The Hall–Kier alpha value is -0.620. The minimum atomic E-state index is -0.262. The van der Waals surface area contributed by atoms with E-state index in [-0.39, 0.29) is 6.04 Å². The van der Waals surface area contributed by atoms with E-state index in [4.69, 9.17) is 26.8 Å². The molecule has 0 radical (unpaired) electrons. The Morgan fingerprint density at radius 3 is 2.87 bits per heavy atom. The minimum absolute atomic E-state index is 0.262. The van der Waals surface area contributed by atoms with Gasteiger partial charge in [-0.1, -0.05) is 11.6 Å². The number of aryl methyl sites for hydroxylation is 1. The van der Waals surface area contributed by atoms with Crippen molar-refractivity contribution in [1.82, 2.24) is 9.78 Å². The molecule has 1 rings (SSSR count). The van der Waals surface area contributed by atoms with E-state index >= 15 is 0 Å². The monoisotopic (exact) mass is 233 g/mol. The molecule has 0 bridgehead atoms. The summed E-state index contributed by atoms with van der Waals surface area (Å²) in [7, 11) is 3.43. The topological polar surface area (TPSA) is 62.3 Å². The van der Waals surface area contributed by atoms with E-state index in [0.29, 0.717) is 24.8 Å². The molecule has 1 heterocycles. The van der Waals surface area contributed by atoms with Crippen LogP contribution < -0.4 is 5.73 Å². The van der Waals surface area contributed by atoms with Gasteiger partial charge in [-0.3, -0.25) is 4.68 Å². The summed E-state index contributed by atoms with van der Waals surface area (Å²) in [6.45, 7) is 1.49. The quantitative estimate of drug-likeness (QED) is 0.736. The predicted octanol–water partition coefficient (Wildman–Crippen LogP) is 0.736. The number of hydrogen-bond donors (Lipinski definition) is 1. The molecule has 5 nitrogen and oxygen atoms in total. The van der Waals surface area contributed by atoms with Crippen molar-refractivity contribution in [3.63, 3.8) is 0 Å². The van der Waals surface area contributed by atoms with Gasteiger partial charge < -0.3 is 15.2 Å². The van der Waals surface area contributed by atoms with Gasteiger partial charge in [0.05, 0.1) is 42.8 Å². The zero-order chi connectivity index (χ0) is 11.3. The molecule has 0 aliphatic carbocycles. The fraction of sp³-hybridized carbons (Fsp3) is 0.667. The summed E-state index contributed by atoms with van der Waals surface area (Å²) < 4.78 is 11.8. The second-order valence-electron chi connectivity index (χ2n) is 3.18. The Labute approximate surface area is 94.1 Å². The second-order valence-corrected chi connectivity index (χ2v) is 3.58. The Morgan fingerprint density at radius 1 is 1.60 bits per heavy atom. The number of nitrogens with two attached hydrogens (primary N) is 1. The molecule has 0 amide bonds. The van der Waals surface area contributed by atoms with Crippen LogP contribution >= 0.6 is 11.6 Å². The maximum atomic E-state index is 5.94. The molecule has 0 aromatic carbocycles. The van der Waals surface area contributed by atoms with Crippen LogP contribution in [0.1, 0.15) is 11.7 Å². The third-order valence-corrected chi connectivity index (χ3v) is 2.31. The van der Waals surface area contributed by atoms with Gasteiger partial charge in [-0.2, -0.15) is 5.10 Å². The highest BCUT2D eigenvalue weighted by Gasteiger charge is 2.14. The molecule has 1 aromatic heterocycles. The first kappa shape index (κ1) is 12.4. The maximum absolute atomic E-state index is 5.94.